The summed E-state index contributed by atoms with van der Waals surface area (Å²) in [4.78, 5) is 12.8. The first-order valence-corrected chi connectivity index (χ1v) is 5.64. The van der Waals surface area contributed by atoms with E-state index in [1.165, 1.54) is 0 Å². The Morgan fingerprint density at radius 3 is 2.53 bits per heavy atom. The van der Waals surface area contributed by atoms with Crippen LogP contribution in [0.15, 0.2) is 30.9 Å². The van der Waals surface area contributed by atoms with Gasteiger partial charge in [-0.15, -0.1) is 0 Å². The molecule has 2 aromatic rings. The number of nitrogens with zero attached hydrogens (tertiary/aromatic N) is 3. The first-order valence-electron chi connectivity index (χ1n) is 5.64. The number of hydrogen-bond acceptors (Lipinski definition) is 4. The standard InChI is InChI=1S/C13H16N4/c1-9-6-15-4-3-12(9)13-16-7-11(8-17-13)5-10(2)14/h3-4,6-8,10H,5,14H2,1-2H3. The summed E-state index contributed by atoms with van der Waals surface area (Å²) in [6, 6.07) is 2.06. The summed E-state index contributed by atoms with van der Waals surface area (Å²) in [5.74, 6) is 0.735. The number of pyridine rings is 1. The van der Waals surface area contributed by atoms with Gasteiger partial charge in [0, 0.05) is 36.4 Å². The molecule has 2 N–H and O–H groups in total. The zero-order valence-corrected chi connectivity index (χ0v) is 10.1. The molecule has 0 saturated heterocycles. The Morgan fingerprint density at radius 2 is 1.94 bits per heavy atom. The Bertz CT molecular complexity index is 491. The second kappa shape index (κ2) is 5.01. The van der Waals surface area contributed by atoms with Gasteiger partial charge in [0.05, 0.1) is 0 Å². The number of hydrogen-bond donors (Lipinski definition) is 1. The van der Waals surface area contributed by atoms with Crippen molar-refractivity contribution in [2.24, 2.45) is 5.73 Å². The van der Waals surface area contributed by atoms with Crippen molar-refractivity contribution < 1.29 is 0 Å². The Morgan fingerprint density at radius 1 is 1.24 bits per heavy atom. The van der Waals surface area contributed by atoms with Gasteiger partial charge in [0.1, 0.15) is 0 Å². The van der Waals surface area contributed by atoms with Crippen LogP contribution in [0.2, 0.25) is 0 Å². The van der Waals surface area contributed by atoms with Crippen molar-refractivity contribution >= 4 is 0 Å². The summed E-state index contributed by atoms with van der Waals surface area (Å²) in [5, 5.41) is 0. The lowest BCUT2D eigenvalue weighted by molar-refractivity contribution is 0.732. The van der Waals surface area contributed by atoms with Crippen LogP contribution in [0.5, 0.6) is 0 Å². The van der Waals surface area contributed by atoms with E-state index >= 15 is 0 Å². The van der Waals surface area contributed by atoms with E-state index in [1.807, 2.05) is 38.5 Å². The van der Waals surface area contributed by atoms with Crippen LogP contribution in [0.25, 0.3) is 11.4 Å². The van der Waals surface area contributed by atoms with Gasteiger partial charge in [-0.3, -0.25) is 4.98 Å². The summed E-state index contributed by atoms with van der Waals surface area (Å²) in [6.45, 7) is 3.97. The lowest BCUT2D eigenvalue weighted by atomic mass is 10.1. The molecule has 1 unspecified atom stereocenters. The van der Waals surface area contributed by atoms with Crippen molar-refractivity contribution in [2.75, 3.05) is 0 Å². The fourth-order valence-electron chi connectivity index (χ4n) is 1.70. The van der Waals surface area contributed by atoms with Crippen molar-refractivity contribution in [3.63, 3.8) is 0 Å². The minimum absolute atomic E-state index is 0.132. The second-order valence-electron chi connectivity index (χ2n) is 4.29. The molecule has 4 heteroatoms. The molecule has 88 valence electrons. The Hall–Kier alpha value is -1.81. The van der Waals surface area contributed by atoms with Crippen LogP contribution in [0.1, 0.15) is 18.1 Å². The van der Waals surface area contributed by atoms with Gasteiger partial charge in [-0.2, -0.15) is 0 Å². The molecular weight excluding hydrogens is 212 g/mol. The lowest BCUT2D eigenvalue weighted by Gasteiger charge is -2.06. The highest BCUT2D eigenvalue weighted by Crippen LogP contribution is 2.17. The summed E-state index contributed by atoms with van der Waals surface area (Å²) < 4.78 is 0. The van der Waals surface area contributed by atoms with E-state index in [9.17, 15) is 0 Å². The minimum Gasteiger partial charge on any atom is -0.328 e. The molecule has 0 saturated carbocycles. The zero-order valence-electron chi connectivity index (χ0n) is 10.1. The normalized spacial score (nSPS) is 12.4. The van der Waals surface area contributed by atoms with Gasteiger partial charge in [0.15, 0.2) is 5.82 Å². The first kappa shape index (κ1) is 11.7. The molecule has 0 aliphatic carbocycles. The molecule has 2 aromatic heterocycles. The van der Waals surface area contributed by atoms with Gasteiger partial charge < -0.3 is 5.73 Å². The third-order valence-corrected chi connectivity index (χ3v) is 2.52. The zero-order chi connectivity index (χ0) is 12.3. The van der Waals surface area contributed by atoms with E-state index in [0.717, 1.165) is 28.9 Å². The fraction of sp³-hybridized carbons (Fsp3) is 0.308. The number of rotatable bonds is 3. The Balaban J connectivity index is 2.27. The summed E-state index contributed by atoms with van der Waals surface area (Å²) in [7, 11) is 0. The van der Waals surface area contributed by atoms with Crippen molar-refractivity contribution in [1.82, 2.24) is 15.0 Å². The summed E-state index contributed by atoms with van der Waals surface area (Å²) in [5.41, 5.74) is 8.90. The molecule has 1 atom stereocenters. The molecule has 0 aliphatic rings. The average molecular weight is 228 g/mol. The Labute approximate surface area is 101 Å². The highest BCUT2D eigenvalue weighted by Gasteiger charge is 2.05. The van der Waals surface area contributed by atoms with Crippen LogP contribution >= 0.6 is 0 Å². The van der Waals surface area contributed by atoms with E-state index in [-0.39, 0.29) is 6.04 Å². The van der Waals surface area contributed by atoms with Gasteiger partial charge in [0.2, 0.25) is 0 Å². The SMILES string of the molecule is Cc1cnccc1-c1ncc(CC(C)N)cn1. The van der Waals surface area contributed by atoms with Crippen LogP contribution in [0, 0.1) is 6.92 Å². The molecule has 0 fully saturated rings. The molecule has 0 bridgehead atoms. The van der Waals surface area contributed by atoms with Crippen molar-refractivity contribution in [1.29, 1.82) is 0 Å². The topological polar surface area (TPSA) is 64.7 Å². The fourth-order valence-corrected chi connectivity index (χ4v) is 1.70. The number of aromatic nitrogens is 3. The number of aryl methyl sites for hydroxylation is 1. The quantitative estimate of drug-likeness (QED) is 0.869. The van der Waals surface area contributed by atoms with Crippen LogP contribution in [0.4, 0.5) is 0 Å². The molecule has 0 radical (unpaired) electrons. The average Bonchev–Trinajstić information content (AvgIpc) is 2.30. The van der Waals surface area contributed by atoms with Crippen LogP contribution in [-0.4, -0.2) is 21.0 Å². The molecule has 0 spiro atoms. The molecule has 2 heterocycles. The monoisotopic (exact) mass is 228 g/mol. The van der Waals surface area contributed by atoms with Gasteiger partial charge in [0.25, 0.3) is 0 Å². The highest BCUT2D eigenvalue weighted by molar-refractivity contribution is 5.58. The van der Waals surface area contributed by atoms with Crippen LogP contribution in [-0.2, 0) is 6.42 Å². The van der Waals surface area contributed by atoms with E-state index < -0.39 is 0 Å². The van der Waals surface area contributed by atoms with Crippen molar-refractivity contribution in [3.05, 3.63) is 42.0 Å². The maximum atomic E-state index is 5.73. The maximum Gasteiger partial charge on any atom is 0.159 e. The van der Waals surface area contributed by atoms with Gasteiger partial charge in [-0.05, 0) is 37.5 Å². The second-order valence-corrected chi connectivity index (χ2v) is 4.29. The molecule has 17 heavy (non-hydrogen) atoms. The van der Waals surface area contributed by atoms with E-state index in [1.54, 1.807) is 6.20 Å². The van der Waals surface area contributed by atoms with Gasteiger partial charge in [-0.1, -0.05) is 0 Å². The maximum absolute atomic E-state index is 5.73. The highest BCUT2D eigenvalue weighted by atomic mass is 14.9. The molecule has 2 rings (SSSR count). The molecular formula is C13H16N4. The summed E-state index contributed by atoms with van der Waals surface area (Å²) in [6.07, 6.45) is 8.04. The lowest BCUT2D eigenvalue weighted by Crippen LogP contribution is -2.18. The van der Waals surface area contributed by atoms with Crippen molar-refractivity contribution in [2.45, 2.75) is 26.3 Å². The van der Waals surface area contributed by atoms with E-state index in [2.05, 4.69) is 15.0 Å². The molecule has 0 aromatic carbocycles. The number of nitrogens with two attached hydrogens (primary N) is 1. The smallest absolute Gasteiger partial charge is 0.159 e. The van der Waals surface area contributed by atoms with Gasteiger partial charge >= 0.3 is 0 Å². The minimum atomic E-state index is 0.132. The predicted molar refractivity (Wildman–Crippen MR) is 67.4 cm³/mol. The van der Waals surface area contributed by atoms with Gasteiger partial charge in [-0.25, -0.2) is 9.97 Å². The van der Waals surface area contributed by atoms with Crippen LogP contribution in [0.3, 0.4) is 0 Å². The third-order valence-electron chi connectivity index (χ3n) is 2.52. The Kier molecular flexibility index (Phi) is 3.44. The van der Waals surface area contributed by atoms with E-state index in [4.69, 9.17) is 5.73 Å². The first-order chi connectivity index (χ1) is 8.16. The van der Waals surface area contributed by atoms with Crippen molar-refractivity contribution in [3.8, 4) is 11.4 Å². The van der Waals surface area contributed by atoms with Crippen LogP contribution < -0.4 is 5.73 Å². The molecule has 4 nitrogen and oxygen atoms in total. The molecule has 0 amide bonds. The largest absolute Gasteiger partial charge is 0.328 e. The third kappa shape index (κ3) is 2.85. The molecule has 0 aliphatic heterocycles. The van der Waals surface area contributed by atoms with E-state index in [0.29, 0.717) is 0 Å². The predicted octanol–water partition coefficient (Wildman–Crippen LogP) is 1.74. The summed E-state index contributed by atoms with van der Waals surface area (Å²) >= 11 is 0.